The van der Waals surface area contributed by atoms with Crippen LogP contribution in [0.25, 0.3) is 5.69 Å². The predicted molar refractivity (Wildman–Crippen MR) is 113 cm³/mol. The number of anilines is 1. The first-order valence-electron chi connectivity index (χ1n) is 9.39. The van der Waals surface area contributed by atoms with Crippen molar-refractivity contribution in [1.82, 2.24) is 15.1 Å². The van der Waals surface area contributed by atoms with Crippen LogP contribution >= 0.6 is 0 Å². The van der Waals surface area contributed by atoms with Crippen LogP contribution in [0.2, 0.25) is 0 Å². The van der Waals surface area contributed by atoms with Gasteiger partial charge in [0, 0.05) is 24.0 Å². The Hall–Kier alpha value is -4.54. The number of rotatable bonds is 8. The van der Waals surface area contributed by atoms with E-state index in [1.54, 1.807) is 24.3 Å². The second-order valence-electron chi connectivity index (χ2n) is 6.63. The van der Waals surface area contributed by atoms with Gasteiger partial charge < -0.3 is 15.4 Å². The highest BCUT2D eigenvalue weighted by molar-refractivity contribution is 6.04. The fourth-order valence-electron chi connectivity index (χ4n) is 2.71. The van der Waals surface area contributed by atoms with E-state index in [-0.39, 0.29) is 30.5 Å². The third-order valence-electron chi connectivity index (χ3n) is 4.40. The van der Waals surface area contributed by atoms with E-state index in [1.807, 2.05) is 0 Å². The maximum atomic E-state index is 12.5. The molecule has 1 heterocycles. The normalized spacial score (nSPS) is 10.3. The molecule has 0 aliphatic heterocycles. The predicted octanol–water partition coefficient (Wildman–Crippen LogP) is 1.86. The van der Waals surface area contributed by atoms with E-state index in [1.165, 1.54) is 48.5 Å². The average molecular weight is 437 g/mol. The summed E-state index contributed by atoms with van der Waals surface area (Å²) >= 11 is 0. The van der Waals surface area contributed by atoms with Crippen molar-refractivity contribution >= 4 is 29.2 Å². The molecule has 0 aliphatic carbocycles. The fourth-order valence-corrected chi connectivity index (χ4v) is 2.71. The van der Waals surface area contributed by atoms with Crippen molar-refractivity contribution in [3.63, 3.8) is 0 Å². The summed E-state index contributed by atoms with van der Waals surface area (Å²) in [4.78, 5) is 45.6. The topological polar surface area (TPSA) is 145 Å². The quantitative estimate of drug-likeness (QED) is 0.311. The Morgan fingerprint density at radius 3 is 2.41 bits per heavy atom. The molecule has 0 saturated carbocycles. The van der Waals surface area contributed by atoms with E-state index in [9.17, 15) is 24.5 Å². The Bertz CT molecular complexity index is 1140. The van der Waals surface area contributed by atoms with Gasteiger partial charge in [-0.25, -0.2) is 4.68 Å². The summed E-state index contributed by atoms with van der Waals surface area (Å²) in [5.41, 5.74) is 2.07. The Morgan fingerprint density at radius 1 is 1.09 bits per heavy atom. The van der Waals surface area contributed by atoms with Crippen LogP contribution in [0.5, 0.6) is 0 Å². The number of non-ortho nitro benzene ring substituents is 1. The molecule has 0 fully saturated rings. The zero-order valence-corrected chi connectivity index (χ0v) is 17.0. The highest BCUT2D eigenvalue weighted by Crippen LogP contribution is 2.16. The summed E-state index contributed by atoms with van der Waals surface area (Å²) in [5.74, 6) is -1.25. The molecule has 0 saturated heterocycles. The maximum Gasteiger partial charge on any atom is 0.325 e. The summed E-state index contributed by atoms with van der Waals surface area (Å²) in [6.07, 6.45) is 2.97. The highest BCUT2D eigenvalue weighted by Gasteiger charge is 2.12. The number of ether oxygens (including phenoxy) is 1. The molecule has 0 atom stereocenters. The number of methoxy groups -OCH3 is 1. The van der Waals surface area contributed by atoms with Gasteiger partial charge >= 0.3 is 5.97 Å². The van der Waals surface area contributed by atoms with E-state index in [0.717, 1.165) is 0 Å². The number of hydrogen-bond donors (Lipinski definition) is 2. The number of carbonyl (C=O) groups excluding carboxylic acids is 3. The molecule has 2 amide bonds. The molecule has 32 heavy (non-hydrogen) atoms. The number of nitrogens with zero attached hydrogens (tertiary/aromatic N) is 3. The number of esters is 1. The van der Waals surface area contributed by atoms with Crippen LogP contribution in [-0.4, -0.2) is 46.1 Å². The number of carbonyl (C=O) groups is 3. The Labute approximate surface area is 182 Å². The number of amides is 2. The minimum atomic E-state index is -0.534. The van der Waals surface area contributed by atoms with Gasteiger partial charge in [-0.05, 0) is 29.8 Å². The minimum absolute atomic E-state index is 0.0386. The van der Waals surface area contributed by atoms with Crippen molar-refractivity contribution < 1.29 is 24.0 Å². The van der Waals surface area contributed by atoms with Gasteiger partial charge in [-0.1, -0.05) is 12.1 Å². The molecule has 3 aromatic rings. The first kappa shape index (κ1) is 22.2. The molecule has 2 aromatic carbocycles. The number of nitro groups is 1. The van der Waals surface area contributed by atoms with E-state index in [4.69, 9.17) is 0 Å². The lowest BCUT2D eigenvalue weighted by Crippen LogP contribution is -2.31. The molecule has 164 valence electrons. The molecule has 3 rings (SSSR count). The average Bonchev–Trinajstić information content (AvgIpc) is 3.29. The fraction of sp³-hybridized carbons (Fsp3) is 0.143. The Morgan fingerprint density at radius 2 is 1.78 bits per heavy atom. The molecule has 0 aliphatic rings. The number of aromatic nitrogens is 2. The molecule has 0 radical (unpaired) electrons. The van der Waals surface area contributed by atoms with Gasteiger partial charge in [-0.3, -0.25) is 24.5 Å². The monoisotopic (exact) mass is 437 g/mol. The highest BCUT2D eigenvalue weighted by atomic mass is 16.6. The molecular weight excluding hydrogens is 418 g/mol. The third-order valence-corrected chi connectivity index (χ3v) is 4.40. The summed E-state index contributed by atoms with van der Waals surface area (Å²) in [5, 5.41) is 20.0. The van der Waals surface area contributed by atoms with Crippen LogP contribution in [0.4, 0.5) is 11.4 Å². The van der Waals surface area contributed by atoms with Gasteiger partial charge in [-0.2, -0.15) is 5.10 Å². The van der Waals surface area contributed by atoms with E-state index >= 15 is 0 Å². The van der Waals surface area contributed by atoms with Gasteiger partial charge in [0.05, 0.1) is 35.9 Å². The van der Waals surface area contributed by atoms with E-state index in [0.29, 0.717) is 22.5 Å². The van der Waals surface area contributed by atoms with Gasteiger partial charge in [-0.15, -0.1) is 0 Å². The van der Waals surface area contributed by atoms with E-state index in [2.05, 4.69) is 20.5 Å². The van der Waals surface area contributed by atoms with Crippen LogP contribution in [-0.2, 0) is 20.7 Å². The first-order chi connectivity index (χ1) is 15.4. The first-order valence-corrected chi connectivity index (χ1v) is 9.39. The summed E-state index contributed by atoms with van der Waals surface area (Å²) < 4.78 is 5.89. The lowest BCUT2D eigenvalue weighted by atomic mass is 10.1. The van der Waals surface area contributed by atoms with Crippen LogP contribution in [0, 0.1) is 10.1 Å². The zero-order chi connectivity index (χ0) is 23.1. The molecule has 1 aromatic heterocycles. The summed E-state index contributed by atoms with van der Waals surface area (Å²) in [7, 11) is 1.24. The van der Waals surface area contributed by atoms with Gasteiger partial charge in [0.25, 0.3) is 11.6 Å². The lowest BCUT2D eigenvalue weighted by Gasteiger charge is -2.06. The minimum Gasteiger partial charge on any atom is -0.468 e. The van der Waals surface area contributed by atoms with Crippen molar-refractivity contribution in [2.75, 3.05) is 19.0 Å². The zero-order valence-electron chi connectivity index (χ0n) is 17.0. The number of hydrogen-bond acceptors (Lipinski definition) is 7. The largest absolute Gasteiger partial charge is 0.468 e. The number of nitrogens with one attached hydrogen (secondary N) is 2. The van der Waals surface area contributed by atoms with Gasteiger partial charge in [0.2, 0.25) is 5.91 Å². The third kappa shape index (κ3) is 5.75. The van der Waals surface area contributed by atoms with Crippen molar-refractivity contribution in [2.45, 2.75) is 6.42 Å². The summed E-state index contributed by atoms with van der Waals surface area (Å²) in [6.45, 7) is -0.197. The molecule has 0 bridgehead atoms. The molecule has 2 N–H and O–H groups in total. The molecule has 0 spiro atoms. The van der Waals surface area contributed by atoms with Crippen molar-refractivity contribution in [3.05, 3.63) is 82.2 Å². The molecule has 0 unspecified atom stereocenters. The molecule has 11 nitrogen and oxygen atoms in total. The van der Waals surface area contributed by atoms with Crippen LogP contribution in [0.15, 0.2) is 60.9 Å². The maximum absolute atomic E-state index is 12.5. The second-order valence-corrected chi connectivity index (χ2v) is 6.63. The lowest BCUT2D eigenvalue weighted by molar-refractivity contribution is -0.384. The Kier molecular flexibility index (Phi) is 6.91. The van der Waals surface area contributed by atoms with Crippen LogP contribution in [0.3, 0.4) is 0 Å². The van der Waals surface area contributed by atoms with E-state index < -0.39 is 10.9 Å². The number of nitro benzene ring substituents is 1. The standard InChI is InChI=1S/C21H19N5O6/c1-32-20(28)12-22-19(27)10-14-2-4-16(5-3-14)24-21(29)15-11-23-25(13-15)17-6-8-18(9-7-17)26(30)31/h2-9,11,13H,10,12H2,1H3,(H,22,27)(H,24,29). The smallest absolute Gasteiger partial charge is 0.325 e. The van der Waals surface area contributed by atoms with Crippen molar-refractivity contribution in [3.8, 4) is 5.69 Å². The number of benzene rings is 2. The Balaban J connectivity index is 1.57. The molecular formula is C21H19N5O6. The summed E-state index contributed by atoms with van der Waals surface area (Å²) in [6, 6.07) is 12.5. The molecule has 11 heteroatoms. The SMILES string of the molecule is COC(=O)CNC(=O)Cc1ccc(NC(=O)c2cnn(-c3ccc([N+](=O)[O-])cc3)c2)cc1. The van der Waals surface area contributed by atoms with Gasteiger partial charge in [0.1, 0.15) is 6.54 Å². The second kappa shape index (κ2) is 9.98. The van der Waals surface area contributed by atoms with Crippen LogP contribution in [0.1, 0.15) is 15.9 Å². The van der Waals surface area contributed by atoms with Gasteiger partial charge in [0.15, 0.2) is 0 Å². The van der Waals surface area contributed by atoms with Crippen molar-refractivity contribution in [2.24, 2.45) is 0 Å². The van der Waals surface area contributed by atoms with Crippen molar-refractivity contribution in [1.29, 1.82) is 0 Å². The van der Waals surface area contributed by atoms with Crippen LogP contribution < -0.4 is 10.6 Å².